The van der Waals surface area contributed by atoms with Gasteiger partial charge in [0, 0.05) is 30.6 Å². The minimum atomic E-state index is 0.432. The molecule has 3 heterocycles. The molecular weight excluding hydrogens is 244 g/mol. The van der Waals surface area contributed by atoms with E-state index < -0.39 is 0 Å². The van der Waals surface area contributed by atoms with E-state index in [0.717, 1.165) is 31.2 Å². The molecule has 3 nitrogen and oxygen atoms in total. The first-order valence-corrected chi connectivity index (χ1v) is 7.32. The second-order valence-corrected chi connectivity index (χ2v) is 6.13. The van der Waals surface area contributed by atoms with Gasteiger partial charge in [0.05, 0.1) is 15.7 Å². The van der Waals surface area contributed by atoms with Gasteiger partial charge in [-0.05, 0) is 31.0 Å². The summed E-state index contributed by atoms with van der Waals surface area (Å²) in [5, 5.41) is 0. The molecular formula is C14H14N2OS. The predicted octanol–water partition coefficient (Wildman–Crippen LogP) is 3.00. The van der Waals surface area contributed by atoms with Crippen LogP contribution in [0.25, 0.3) is 10.2 Å². The molecule has 0 aliphatic carbocycles. The van der Waals surface area contributed by atoms with Gasteiger partial charge in [-0.1, -0.05) is 0 Å². The summed E-state index contributed by atoms with van der Waals surface area (Å²) in [6, 6.07) is 7.34. The molecule has 2 atom stereocenters. The molecule has 2 aliphatic heterocycles. The van der Waals surface area contributed by atoms with E-state index in [0.29, 0.717) is 17.9 Å². The standard InChI is InChI=1S/C14H14N2OS/c17-12-5-9-1-2-10(6-12)16(9)11-3-4-13-14(7-11)18-8-15-13/h3-4,7-10H,1-2,5-6H2. The molecule has 4 rings (SSSR count). The quantitative estimate of drug-likeness (QED) is 0.788. The van der Waals surface area contributed by atoms with Gasteiger partial charge in [-0.15, -0.1) is 11.3 Å². The lowest BCUT2D eigenvalue weighted by atomic mass is 10.0. The number of ketones is 1. The zero-order valence-electron chi connectivity index (χ0n) is 10.0. The van der Waals surface area contributed by atoms with Gasteiger partial charge in [-0.25, -0.2) is 4.98 Å². The van der Waals surface area contributed by atoms with E-state index in [2.05, 4.69) is 28.1 Å². The number of piperidine rings is 1. The molecule has 2 aliphatic rings. The smallest absolute Gasteiger partial charge is 0.137 e. The molecule has 0 N–H and O–H groups in total. The summed E-state index contributed by atoms with van der Waals surface area (Å²) in [4.78, 5) is 18.4. The predicted molar refractivity (Wildman–Crippen MR) is 73.2 cm³/mol. The summed E-state index contributed by atoms with van der Waals surface area (Å²) in [5.41, 5.74) is 4.24. The van der Waals surface area contributed by atoms with Gasteiger partial charge in [-0.2, -0.15) is 0 Å². The van der Waals surface area contributed by atoms with Crippen molar-refractivity contribution in [1.29, 1.82) is 0 Å². The number of benzene rings is 1. The van der Waals surface area contributed by atoms with Crippen molar-refractivity contribution < 1.29 is 4.79 Å². The van der Waals surface area contributed by atoms with E-state index in [1.807, 2.05) is 5.51 Å². The molecule has 2 unspecified atom stereocenters. The molecule has 1 aromatic carbocycles. The molecule has 0 saturated carbocycles. The van der Waals surface area contributed by atoms with E-state index in [1.165, 1.54) is 10.4 Å². The van der Waals surface area contributed by atoms with Gasteiger partial charge in [0.15, 0.2) is 0 Å². The Morgan fingerprint density at radius 3 is 2.78 bits per heavy atom. The van der Waals surface area contributed by atoms with E-state index in [4.69, 9.17) is 0 Å². The number of Topliss-reactive ketones (excluding diaryl/α,β-unsaturated/α-hetero) is 1. The van der Waals surface area contributed by atoms with Crippen molar-refractivity contribution in [3.05, 3.63) is 23.7 Å². The number of hydrogen-bond donors (Lipinski definition) is 0. The summed E-state index contributed by atoms with van der Waals surface area (Å²) >= 11 is 1.68. The van der Waals surface area contributed by atoms with Crippen molar-refractivity contribution >= 4 is 33.0 Å². The average Bonchev–Trinajstić information content (AvgIpc) is 2.91. The summed E-state index contributed by atoms with van der Waals surface area (Å²) < 4.78 is 1.24. The number of thiazole rings is 1. The summed E-state index contributed by atoms with van der Waals surface area (Å²) in [6.45, 7) is 0. The Balaban J connectivity index is 1.76. The number of hydrogen-bond acceptors (Lipinski definition) is 4. The molecule has 92 valence electrons. The molecule has 0 spiro atoms. The Bertz CT molecular complexity index is 605. The summed E-state index contributed by atoms with van der Waals surface area (Å²) in [6.07, 6.45) is 3.79. The lowest BCUT2D eigenvalue weighted by Gasteiger charge is -2.36. The summed E-state index contributed by atoms with van der Waals surface area (Å²) in [7, 11) is 0. The second-order valence-electron chi connectivity index (χ2n) is 5.24. The van der Waals surface area contributed by atoms with Crippen LogP contribution < -0.4 is 4.90 Å². The SMILES string of the molecule is O=C1CC2CCC(C1)N2c1ccc2ncsc2c1. The highest BCUT2D eigenvalue weighted by Crippen LogP contribution is 2.39. The number of carbonyl (C=O) groups excluding carboxylic acids is 1. The largest absolute Gasteiger partial charge is 0.365 e. The number of fused-ring (bicyclic) bond motifs is 3. The molecule has 2 fully saturated rings. The number of nitrogens with zero attached hydrogens (tertiary/aromatic N) is 2. The van der Waals surface area contributed by atoms with Crippen LogP contribution in [0.1, 0.15) is 25.7 Å². The van der Waals surface area contributed by atoms with Gasteiger partial charge in [0.1, 0.15) is 5.78 Å². The molecule has 0 radical (unpaired) electrons. The maximum Gasteiger partial charge on any atom is 0.137 e. The van der Waals surface area contributed by atoms with Crippen LogP contribution in [0.5, 0.6) is 0 Å². The molecule has 2 aromatic rings. The third-order valence-electron chi connectivity index (χ3n) is 4.16. The summed E-state index contributed by atoms with van der Waals surface area (Å²) in [5.74, 6) is 0.442. The molecule has 4 heteroatoms. The third kappa shape index (κ3) is 1.48. The van der Waals surface area contributed by atoms with Crippen molar-refractivity contribution in [2.24, 2.45) is 0 Å². The van der Waals surface area contributed by atoms with E-state index in [-0.39, 0.29) is 0 Å². The topological polar surface area (TPSA) is 33.2 Å². The first kappa shape index (κ1) is 10.5. The van der Waals surface area contributed by atoms with Crippen LogP contribution in [-0.2, 0) is 4.79 Å². The number of aromatic nitrogens is 1. The average molecular weight is 258 g/mol. The Kier molecular flexibility index (Phi) is 2.21. The molecule has 18 heavy (non-hydrogen) atoms. The van der Waals surface area contributed by atoms with Crippen LogP contribution in [0, 0.1) is 0 Å². The van der Waals surface area contributed by atoms with Crippen molar-refractivity contribution in [3.8, 4) is 0 Å². The fourth-order valence-electron chi connectivity index (χ4n) is 3.40. The minimum absolute atomic E-state index is 0.432. The maximum atomic E-state index is 11.6. The zero-order valence-corrected chi connectivity index (χ0v) is 10.8. The highest BCUT2D eigenvalue weighted by molar-refractivity contribution is 7.16. The Hall–Kier alpha value is -1.42. The highest BCUT2D eigenvalue weighted by atomic mass is 32.1. The monoisotopic (exact) mass is 258 g/mol. The van der Waals surface area contributed by atoms with Gasteiger partial charge in [-0.3, -0.25) is 4.79 Å². The fourth-order valence-corrected chi connectivity index (χ4v) is 4.11. The molecule has 0 amide bonds. The lowest BCUT2D eigenvalue weighted by Crippen LogP contribution is -2.43. The van der Waals surface area contributed by atoms with Crippen LogP contribution in [-0.4, -0.2) is 22.9 Å². The Morgan fingerprint density at radius 1 is 1.22 bits per heavy atom. The number of rotatable bonds is 1. The van der Waals surface area contributed by atoms with Gasteiger partial charge in [0.25, 0.3) is 0 Å². The van der Waals surface area contributed by atoms with Crippen molar-refractivity contribution in [3.63, 3.8) is 0 Å². The highest BCUT2D eigenvalue weighted by Gasteiger charge is 2.40. The van der Waals surface area contributed by atoms with Crippen molar-refractivity contribution in [2.45, 2.75) is 37.8 Å². The first-order valence-electron chi connectivity index (χ1n) is 6.44. The minimum Gasteiger partial charge on any atom is -0.365 e. The van der Waals surface area contributed by atoms with E-state index >= 15 is 0 Å². The zero-order chi connectivity index (χ0) is 12.1. The Morgan fingerprint density at radius 2 is 2.00 bits per heavy atom. The molecule has 2 saturated heterocycles. The van der Waals surface area contributed by atoms with Gasteiger partial charge in [0.2, 0.25) is 0 Å². The second kappa shape index (κ2) is 3.79. The van der Waals surface area contributed by atoms with Crippen LogP contribution >= 0.6 is 11.3 Å². The van der Waals surface area contributed by atoms with Crippen LogP contribution in [0.15, 0.2) is 23.7 Å². The van der Waals surface area contributed by atoms with Crippen LogP contribution in [0.3, 0.4) is 0 Å². The van der Waals surface area contributed by atoms with E-state index in [1.54, 1.807) is 11.3 Å². The molecule has 1 aromatic heterocycles. The van der Waals surface area contributed by atoms with Crippen molar-refractivity contribution in [2.75, 3.05) is 4.90 Å². The van der Waals surface area contributed by atoms with Crippen LogP contribution in [0.2, 0.25) is 0 Å². The lowest BCUT2D eigenvalue weighted by molar-refractivity contribution is -0.120. The van der Waals surface area contributed by atoms with Gasteiger partial charge >= 0.3 is 0 Å². The third-order valence-corrected chi connectivity index (χ3v) is 4.95. The maximum absolute atomic E-state index is 11.6. The van der Waals surface area contributed by atoms with Crippen molar-refractivity contribution in [1.82, 2.24) is 4.98 Å². The number of carbonyl (C=O) groups is 1. The molecule has 2 bridgehead atoms. The fraction of sp³-hybridized carbons (Fsp3) is 0.429. The normalized spacial score (nSPS) is 27.1. The Labute approximate surface area is 109 Å². The number of anilines is 1. The van der Waals surface area contributed by atoms with E-state index in [9.17, 15) is 4.79 Å². The van der Waals surface area contributed by atoms with Gasteiger partial charge < -0.3 is 4.90 Å². The van der Waals surface area contributed by atoms with Crippen LogP contribution in [0.4, 0.5) is 5.69 Å². The first-order chi connectivity index (χ1) is 8.81.